The van der Waals surface area contributed by atoms with Gasteiger partial charge in [-0.15, -0.1) is 0 Å². The second-order valence-electron chi connectivity index (χ2n) is 5.53. The van der Waals surface area contributed by atoms with Gasteiger partial charge in [-0.2, -0.15) is 0 Å². The molecule has 0 N–H and O–H groups in total. The van der Waals surface area contributed by atoms with E-state index >= 15 is 0 Å². The number of carbonyl (C=O) groups excluding carboxylic acids is 1. The van der Waals surface area contributed by atoms with Crippen molar-refractivity contribution < 1.29 is 9.53 Å². The summed E-state index contributed by atoms with van der Waals surface area (Å²) in [6.45, 7) is 10.6. The molecule has 0 bridgehead atoms. The highest BCUT2D eigenvalue weighted by Gasteiger charge is 2.19. The van der Waals surface area contributed by atoms with Gasteiger partial charge in [-0.05, 0) is 56.7 Å². The summed E-state index contributed by atoms with van der Waals surface area (Å²) in [4.78, 5) is 11.2. The molecule has 1 aromatic rings. The van der Waals surface area contributed by atoms with E-state index in [0.29, 0.717) is 13.0 Å². The van der Waals surface area contributed by atoms with E-state index in [9.17, 15) is 4.79 Å². The van der Waals surface area contributed by atoms with E-state index in [-0.39, 0.29) is 11.7 Å². The minimum atomic E-state index is 0.226. The third-order valence-corrected chi connectivity index (χ3v) is 3.97. The minimum Gasteiger partial charge on any atom is -0.493 e. The molecule has 2 nitrogen and oxygen atoms in total. The lowest BCUT2D eigenvalue weighted by Gasteiger charge is -2.22. The highest BCUT2D eigenvalue weighted by molar-refractivity contribution is 6.31. The third kappa shape index (κ3) is 4.24. The maximum Gasteiger partial charge on any atom is 0.129 e. The molecule has 0 amide bonds. The van der Waals surface area contributed by atoms with Gasteiger partial charge in [0.05, 0.1) is 6.61 Å². The number of Topliss-reactive ketones (excluding diaryl/α,β-unsaturated/α-hetero) is 1. The highest BCUT2D eigenvalue weighted by Crippen LogP contribution is 2.38. The van der Waals surface area contributed by atoms with E-state index in [4.69, 9.17) is 16.3 Å². The summed E-state index contributed by atoms with van der Waals surface area (Å²) < 4.78 is 5.94. The number of ether oxygens (including phenoxy) is 1. The summed E-state index contributed by atoms with van der Waals surface area (Å²) in [5.41, 5.74) is 3.29. The Kier molecular flexibility index (Phi) is 6.54. The van der Waals surface area contributed by atoms with E-state index in [1.165, 1.54) is 0 Å². The molecule has 1 unspecified atom stereocenters. The number of halogens is 1. The van der Waals surface area contributed by atoms with Crippen LogP contribution in [0, 0.1) is 13.8 Å². The minimum absolute atomic E-state index is 0.226. The molecule has 3 heteroatoms. The molecule has 0 spiro atoms. The van der Waals surface area contributed by atoms with Crippen molar-refractivity contribution in [2.45, 2.75) is 59.8 Å². The second-order valence-corrected chi connectivity index (χ2v) is 5.94. The Bertz CT molecular complexity index is 480. The van der Waals surface area contributed by atoms with Crippen LogP contribution in [0.5, 0.6) is 5.75 Å². The van der Waals surface area contributed by atoms with E-state index in [1.54, 1.807) is 6.92 Å². The average Bonchev–Trinajstić information content (AvgIpc) is 2.38. The molecule has 0 saturated carbocycles. The van der Waals surface area contributed by atoms with Crippen LogP contribution in [0.4, 0.5) is 0 Å². The first-order valence-corrected chi connectivity index (χ1v) is 7.68. The van der Waals surface area contributed by atoms with Crippen molar-refractivity contribution in [2.75, 3.05) is 6.61 Å². The molecule has 0 aliphatic rings. The Labute approximate surface area is 127 Å². The van der Waals surface area contributed by atoms with Crippen LogP contribution in [0.2, 0.25) is 5.02 Å². The number of aryl methyl sites for hydroxylation is 1. The van der Waals surface area contributed by atoms with Gasteiger partial charge in [-0.25, -0.2) is 0 Å². The third-order valence-electron chi connectivity index (χ3n) is 3.58. The van der Waals surface area contributed by atoms with Gasteiger partial charge in [0, 0.05) is 17.0 Å². The van der Waals surface area contributed by atoms with Gasteiger partial charge in [0.1, 0.15) is 11.5 Å². The molecule has 0 aliphatic heterocycles. The van der Waals surface area contributed by atoms with Crippen LogP contribution < -0.4 is 4.74 Å². The monoisotopic (exact) mass is 296 g/mol. The molecule has 0 aliphatic carbocycles. The van der Waals surface area contributed by atoms with Crippen LogP contribution in [0.1, 0.15) is 62.6 Å². The fraction of sp³-hybridized carbons (Fsp3) is 0.588. The smallest absolute Gasteiger partial charge is 0.129 e. The van der Waals surface area contributed by atoms with Gasteiger partial charge in [0.25, 0.3) is 0 Å². The van der Waals surface area contributed by atoms with Crippen molar-refractivity contribution in [1.29, 1.82) is 0 Å². The van der Waals surface area contributed by atoms with Crippen molar-refractivity contribution in [1.82, 2.24) is 0 Å². The maximum atomic E-state index is 11.2. The van der Waals surface area contributed by atoms with Crippen molar-refractivity contribution in [3.05, 3.63) is 27.8 Å². The van der Waals surface area contributed by atoms with Crippen LogP contribution in [0.15, 0.2) is 6.07 Å². The summed E-state index contributed by atoms with van der Waals surface area (Å²) in [7, 11) is 0. The largest absolute Gasteiger partial charge is 0.493 e. The number of carbonyl (C=O) groups is 1. The van der Waals surface area contributed by atoms with Crippen LogP contribution >= 0.6 is 11.6 Å². The van der Waals surface area contributed by atoms with Crippen molar-refractivity contribution in [2.24, 2.45) is 0 Å². The average molecular weight is 297 g/mol. The lowest BCUT2D eigenvalue weighted by atomic mass is 9.89. The molecule has 112 valence electrons. The molecule has 0 saturated heterocycles. The molecule has 1 aromatic carbocycles. The summed E-state index contributed by atoms with van der Waals surface area (Å²) in [5.74, 6) is 1.44. The topological polar surface area (TPSA) is 26.3 Å². The highest BCUT2D eigenvalue weighted by atomic mass is 35.5. The van der Waals surface area contributed by atoms with Gasteiger partial charge in [0.15, 0.2) is 0 Å². The van der Waals surface area contributed by atoms with Gasteiger partial charge < -0.3 is 9.53 Å². The molecule has 0 fully saturated rings. The normalized spacial score (nSPS) is 12.3. The van der Waals surface area contributed by atoms with Crippen molar-refractivity contribution in [3.8, 4) is 5.75 Å². The number of hydrogen-bond donors (Lipinski definition) is 0. The zero-order valence-electron chi connectivity index (χ0n) is 13.2. The molecule has 0 aromatic heterocycles. The number of hydrogen-bond acceptors (Lipinski definition) is 2. The van der Waals surface area contributed by atoms with Gasteiger partial charge in [-0.1, -0.05) is 25.4 Å². The standard InChI is InChI=1S/C17H25ClO2/c1-6-9-20-17-12(3)10-15(18)14(5)16(17)11(2)7-8-13(4)19/h10-11H,6-9H2,1-5H3. The predicted octanol–water partition coefficient (Wildman–Crippen LogP) is 5.22. The van der Waals surface area contributed by atoms with E-state index in [2.05, 4.69) is 13.8 Å². The summed E-state index contributed by atoms with van der Waals surface area (Å²) in [5, 5.41) is 0.774. The SMILES string of the molecule is CCCOc1c(C)cc(Cl)c(C)c1C(C)CCC(C)=O. The van der Waals surface area contributed by atoms with Crippen molar-refractivity contribution >= 4 is 17.4 Å². The molecule has 0 heterocycles. The van der Waals surface area contributed by atoms with Crippen LogP contribution in [0.25, 0.3) is 0 Å². The summed E-state index contributed by atoms with van der Waals surface area (Å²) in [6.07, 6.45) is 2.40. The zero-order chi connectivity index (χ0) is 15.3. The maximum absolute atomic E-state index is 11.2. The molecular weight excluding hydrogens is 272 g/mol. The first kappa shape index (κ1) is 17.0. The van der Waals surface area contributed by atoms with E-state index in [1.807, 2.05) is 19.9 Å². The lowest BCUT2D eigenvalue weighted by Crippen LogP contribution is -2.07. The van der Waals surface area contributed by atoms with Crippen molar-refractivity contribution in [3.63, 3.8) is 0 Å². The first-order chi connectivity index (χ1) is 9.38. The fourth-order valence-electron chi connectivity index (χ4n) is 2.43. The van der Waals surface area contributed by atoms with Crippen LogP contribution in [0.3, 0.4) is 0 Å². The molecular formula is C17H25ClO2. The first-order valence-electron chi connectivity index (χ1n) is 7.30. The second kappa shape index (κ2) is 7.68. The van der Waals surface area contributed by atoms with E-state index < -0.39 is 0 Å². The van der Waals surface area contributed by atoms with Gasteiger partial charge in [0.2, 0.25) is 0 Å². The van der Waals surface area contributed by atoms with Crippen LogP contribution in [-0.4, -0.2) is 12.4 Å². The van der Waals surface area contributed by atoms with Gasteiger partial charge >= 0.3 is 0 Å². The Balaban J connectivity index is 3.15. The predicted molar refractivity (Wildman–Crippen MR) is 85.0 cm³/mol. The zero-order valence-corrected chi connectivity index (χ0v) is 13.9. The number of ketones is 1. The summed E-state index contributed by atoms with van der Waals surface area (Å²) in [6, 6.07) is 1.96. The number of rotatable bonds is 7. The molecule has 1 atom stereocenters. The Morgan fingerprint density at radius 2 is 2.05 bits per heavy atom. The quantitative estimate of drug-likeness (QED) is 0.689. The Morgan fingerprint density at radius 1 is 1.40 bits per heavy atom. The Hall–Kier alpha value is -1.02. The molecule has 0 radical (unpaired) electrons. The Morgan fingerprint density at radius 3 is 2.60 bits per heavy atom. The fourth-order valence-corrected chi connectivity index (χ4v) is 2.69. The van der Waals surface area contributed by atoms with Crippen LogP contribution in [-0.2, 0) is 4.79 Å². The molecule has 20 heavy (non-hydrogen) atoms. The van der Waals surface area contributed by atoms with Gasteiger partial charge in [-0.3, -0.25) is 0 Å². The summed E-state index contributed by atoms with van der Waals surface area (Å²) >= 11 is 6.31. The molecule has 1 rings (SSSR count). The lowest BCUT2D eigenvalue weighted by molar-refractivity contribution is -0.117. The van der Waals surface area contributed by atoms with E-state index in [0.717, 1.165) is 40.3 Å². The number of benzene rings is 1.